The molecule has 15 heavy (non-hydrogen) atoms. The first kappa shape index (κ1) is 10.7. The summed E-state index contributed by atoms with van der Waals surface area (Å²) in [6, 6.07) is 1.97. The number of hydrogen-bond acceptors (Lipinski definition) is 1. The zero-order valence-corrected chi connectivity index (χ0v) is 9.48. The van der Waals surface area contributed by atoms with Gasteiger partial charge in [0, 0.05) is 5.92 Å². The Morgan fingerprint density at radius 3 is 2.47 bits per heavy atom. The topological polar surface area (TPSA) is 17.1 Å². The molecule has 0 amide bonds. The third-order valence-electron chi connectivity index (χ3n) is 2.75. The van der Waals surface area contributed by atoms with Crippen molar-refractivity contribution < 1.29 is 13.6 Å². The highest BCUT2D eigenvalue weighted by atomic mass is 79.9. The van der Waals surface area contributed by atoms with Crippen molar-refractivity contribution in [3.8, 4) is 0 Å². The van der Waals surface area contributed by atoms with E-state index >= 15 is 0 Å². The molecule has 1 aromatic rings. The second-order valence-electron chi connectivity index (χ2n) is 3.74. The Morgan fingerprint density at radius 2 is 1.93 bits per heavy atom. The van der Waals surface area contributed by atoms with Crippen LogP contribution in [0, 0.1) is 17.6 Å². The van der Waals surface area contributed by atoms with E-state index < -0.39 is 11.6 Å². The number of benzene rings is 1. The Hall–Kier alpha value is -0.770. The standard InChI is InChI=1S/C11H9BrF2O/c12-8-5-9(13)7(4-10(8)14)11(15)6-2-1-3-6/h4-6H,1-3H2. The number of Topliss-reactive ketones (excluding diaryl/α,β-unsaturated/α-hetero) is 1. The fraction of sp³-hybridized carbons (Fsp3) is 0.364. The number of halogens is 3. The van der Waals surface area contributed by atoms with Crippen LogP contribution in [0.15, 0.2) is 16.6 Å². The zero-order chi connectivity index (χ0) is 11.0. The van der Waals surface area contributed by atoms with Crippen LogP contribution in [-0.4, -0.2) is 5.78 Å². The van der Waals surface area contributed by atoms with Crippen molar-refractivity contribution >= 4 is 21.7 Å². The van der Waals surface area contributed by atoms with Gasteiger partial charge in [-0.3, -0.25) is 4.79 Å². The summed E-state index contributed by atoms with van der Waals surface area (Å²) >= 11 is 2.87. The first-order valence-electron chi connectivity index (χ1n) is 4.78. The van der Waals surface area contributed by atoms with Gasteiger partial charge >= 0.3 is 0 Å². The average Bonchev–Trinajstić information content (AvgIpc) is 2.08. The third-order valence-corrected chi connectivity index (χ3v) is 3.36. The molecule has 4 heteroatoms. The summed E-state index contributed by atoms with van der Waals surface area (Å²) in [5.74, 6) is -1.63. The fourth-order valence-corrected chi connectivity index (χ4v) is 1.92. The molecule has 0 atom stereocenters. The van der Waals surface area contributed by atoms with Gasteiger partial charge in [0.25, 0.3) is 0 Å². The molecule has 0 aromatic heterocycles. The molecule has 0 unspecified atom stereocenters. The van der Waals surface area contributed by atoms with Gasteiger partial charge in [0.2, 0.25) is 0 Å². The van der Waals surface area contributed by atoms with Crippen LogP contribution in [0.1, 0.15) is 29.6 Å². The molecule has 1 saturated carbocycles. The predicted octanol–water partition coefficient (Wildman–Crippen LogP) is 3.71. The lowest BCUT2D eigenvalue weighted by Gasteiger charge is -2.23. The molecule has 1 nitrogen and oxygen atoms in total. The molecule has 1 aliphatic rings. The average molecular weight is 275 g/mol. The summed E-state index contributed by atoms with van der Waals surface area (Å²) in [6.45, 7) is 0. The number of ketones is 1. The summed E-state index contributed by atoms with van der Waals surface area (Å²) in [7, 11) is 0. The number of carbonyl (C=O) groups is 1. The molecule has 1 aromatic carbocycles. The summed E-state index contributed by atoms with van der Waals surface area (Å²) in [6.07, 6.45) is 2.57. The van der Waals surface area contributed by atoms with Crippen molar-refractivity contribution in [2.45, 2.75) is 19.3 Å². The number of carbonyl (C=O) groups excluding carboxylic acids is 1. The molecule has 0 aliphatic heterocycles. The van der Waals surface area contributed by atoms with E-state index in [1.54, 1.807) is 0 Å². The van der Waals surface area contributed by atoms with Crippen LogP contribution in [-0.2, 0) is 0 Å². The molecule has 1 aliphatic carbocycles. The molecular weight excluding hydrogens is 266 g/mol. The van der Waals surface area contributed by atoms with Crippen LogP contribution in [0.2, 0.25) is 0 Å². The van der Waals surface area contributed by atoms with Gasteiger partial charge in [-0.05, 0) is 40.9 Å². The second-order valence-corrected chi connectivity index (χ2v) is 4.59. The van der Waals surface area contributed by atoms with E-state index in [4.69, 9.17) is 0 Å². The van der Waals surface area contributed by atoms with Crippen molar-refractivity contribution in [3.05, 3.63) is 33.8 Å². The monoisotopic (exact) mass is 274 g/mol. The molecule has 2 rings (SSSR count). The number of hydrogen-bond donors (Lipinski definition) is 0. The summed E-state index contributed by atoms with van der Waals surface area (Å²) in [4.78, 5) is 11.7. The van der Waals surface area contributed by atoms with Gasteiger partial charge in [-0.25, -0.2) is 8.78 Å². The molecule has 0 spiro atoms. The molecule has 0 bridgehead atoms. The van der Waals surface area contributed by atoms with E-state index in [1.165, 1.54) is 0 Å². The van der Waals surface area contributed by atoms with Gasteiger partial charge in [0.1, 0.15) is 11.6 Å². The Kier molecular flexibility index (Phi) is 2.87. The van der Waals surface area contributed by atoms with Gasteiger partial charge in [-0.2, -0.15) is 0 Å². The van der Waals surface area contributed by atoms with Crippen molar-refractivity contribution in [1.82, 2.24) is 0 Å². The molecule has 0 radical (unpaired) electrons. The predicted molar refractivity (Wildman–Crippen MR) is 55.7 cm³/mol. The normalized spacial score (nSPS) is 16.2. The smallest absolute Gasteiger partial charge is 0.168 e. The highest BCUT2D eigenvalue weighted by molar-refractivity contribution is 9.10. The summed E-state index contributed by atoms with van der Waals surface area (Å²) in [5.41, 5.74) is -0.125. The maximum absolute atomic E-state index is 13.4. The Bertz CT molecular complexity index is 413. The first-order chi connectivity index (χ1) is 7.09. The van der Waals surface area contributed by atoms with E-state index in [-0.39, 0.29) is 21.7 Å². The van der Waals surface area contributed by atoms with Crippen molar-refractivity contribution in [3.63, 3.8) is 0 Å². The van der Waals surface area contributed by atoms with E-state index in [9.17, 15) is 13.6 Å². The van der Waals surface area contributed by atoms with E-state index in [1.807, 2.05) is 0 Å². The molecule has 0 saturated heterocycles. The number of rotatable bonds is 2. The lowest BCUT2D eigenvalue weighted by Crippen LogP contribution is -2.23. The minimum absolute atomic E-state index is 0.0464. The van der Waals surface area contributed by atoms with Gasteiger partial charge in [-0.15, -0.1) is 0 Å². The second kappa shape index (κ2) is 4.00. The van der Waals surface area contributed by atoms with E-state index in [2.05, 4.69) is 15.9 Å². The van der Waals surface area contributed by atoms with Crippen LogP contribution < -0.4 is 0 Å². The Balaban J connectivity index is 2.34. The van der Waals surface area contributed by atoms with Gasteiger partial charge in [0.15, 0.2) is 5.78 Å². The quantitative estimate of drug-likeness (QED) is 0.594. The Morgan fingerprint density at radius 1 is 1.27 bits per heavy atom. The van der Waals surface area contributed by atoms with Crippen molar-refractivity contribution in [1.29, 1.82) is 0 Å². The lowest BCUT2D eigenvalue weighted by molar-refractivity contribution is 0.0850. The van der Waals surface area contributed by atoms with E-state index in [0.717, 1.165) is 31.4 Å². The van der Waals surface area contributed by atoms with Gasteiger partial charge in [0.05, 0.1) is 10.0 Å². The maximum Gasteiger partial charge on any atom is 0.168 e. The van der Waals surface area contributed by atoms with Crippen molar-refractivity contribution in [2.75, 3.05) is 0 Å². The molecule has 0 N–H and O–H groups in total. The fourth-order valence-electron chi connectivity index (χ4n) is 1.60. The summed E-state index contributed by atoms with van der Waals surface area (Å²) in [5, 5.41) is 0. The van der Waals surface area contributed by atoms with Crippen LogP contribution in [0.4, 0.5) is 8.78 Å². The largest absolute Gasteiger partial charge is 0.294 e. The molecule has 0 heterocycles. The highest BCUT2D eigenvalue weighted by Crippen LogP contribution is 2.31. The van der Waals surface area contributed by atoms with Gasteiger partial charge < -0.3 is 0 Å². The van der Waals surface area contributed by atoms with Crippen LogP contribution in [0.3, 0.4) is 0 Å². The Labute approximate surface area is 94.6 Å². The molecule has 1 fully saturated rings. The SMILES string of the molecule is O=C(c1cc(F)c(Br)cc1F)C1CCC1. The minimum Gasteiger partial charge on any atom is -0.294 e. The maximum atomic E-state index is 13.4. The summed E-state index contributed by atoms with van der Waals surface area (Å²) < 4.78 is 26.6. The van der Waals surface area contributed by atoms with E-state index in [0.29, 0.717) is 0 Å². The highest BCUT2D eigenvalue weighted by Gasteiger charge is 2.28. The third kappa shape index (κ3) is 1.95. The van der Waals surface area contributed by atoms with Gasteiger partial charge in [-0.1, -0.05) is 6.42 Å². The first-order valence-corrected chi connectivity index (χ1v) is 5.57. The molecular formula is C11H9BrF2O. The van der Waals surface area contributed by atoms with Crippen LogP contribution in [0.5, 0.6) is 0 Å². The van der Waals surface area contributed by atoms with Crippen molar-refractivity contribution in [2.24, 2.45) is 5.92 Å². The molecule has 80 valence electrons. The lowest BCUT2D eigenvalue weighted by atomic mass is 9.80. The van der Waals surface area contributed by atoms with Crippen LogP contribution >= 0.6 is 15.9 Å². The van der Waals surface area contributed by atoms with Crippen LogP contribution in [0.25, 0.3) is 0 Å². The zero-order valence-electron chi connectivity index (χ0n) is 7.90. The minimum atomic E-state index is -0.653.